The number of benzene rings is 2. The van der Waals surface area contributed by atoms with Crippen LogP contribution >= 0.6 is 11.3 Å². The zero-order valence-electron chi connectivity index (χ0n) is 10.7. The molecule has 2 aromatic carbocycles. The second kappa shape index (κ2) is 3.58. The molecule has 0 saturated carbocycles. The molecule has 0 nitrogen and oxygen atoms in total. The smallest absolute Gasteiger partial charge is 0.0387 e. The monoisotopic (exact) mass is 240 g/mol. The Bertz CT molecular complexity index is 732. The Balaban J connectivity index is 2.61. The van der Waals surface area contributed by atoms with Gasteiger partial charge in [0.05, 0.1) is 0 Å². The van der Waals surface area contributed by atoms with Crippen molar-refractivity contribution < 1.29 is 0 Å². The van der Waals surface area contributed by atoms with Gasteiger partial charge in [0.2, 0.25) is 0 Å². The van der Waals surface area contributed by atoms with Gasteiger partial charge in [0, 0.05) is 20.2 Å². The summed E-state index contributed by atoms with van der Waals surface area (Å²) in [5.74, 6) is 0. The van der Waals surface area contributed by atoms with Crippen LogP contribution in [0.15, 0.2) is 24.3 Å². The highest BCUT2D eigenvalue weighted by Crippen LogP contribution is 2.39. The van der Waals surface area contributed by atoms with Crippen molar-refractivity contribution in [2.45, 2.75) is 27.7 Å². The third kappa shape index (κ3) is 1.42. The zero-order valence-corrected chi connectivity index (χ0v) is 11.5. The van der Waals surface area contributed by atoms with E-state index in [0.717, 1.165) is 0 Å². The molecule has 0 N–H and O–H groups in total. The average molecular weight is 240 g/mol. The van der Waals surface area contributed by atoms with Crippen LogP contribution in [-0.4, -0.2) is 0 Å². The molecule has 0 radical (unpaired) electrons. The maximum Gasteiger partial charge on any atom is 0.0387 e. The molecule has 1 heteroatoms. The second-order valence-corrected chi connectivity index (χ2v) is 5.89. The molecular weight excluding hydrogens is 224 g/mol. The molecule has 0 amide bonds. The van der Waals surface area contributed by atoms with Crippen molar-refractivity contribution in [2.75, 3.05) is 0 Å². The van der Waals surface area contributed by atoms with Crippen LogP contribution < -0.4 is 0 Å². The third-order valence-corrected chi connectivity index (χ3v) is 5.28. The molecule has 0 aliphatic carbocycles. The maximum atomic E-state index is 2.34. The van der Waals surface area contributed by atoms with Crippen LogP contribution in [0.5, 0.6) is 0 Å². The third-order valence-electron chi connectivity index (χ3n) is 3.81. The number of thiophene rings is 1. The summed E-state index contributed by atoms with van der Waals surface area (Å²) in [6, 6.07) is 8.95. The summed E-state index contributed by atoms with van der Waals surface area (Å²) >= 11 is 1.94. The fourth-order valence-electron chi connectivity index (χ4n) is 2.49. The topological polar surface area (TPSA) is 0 Å². The van der Waals surface area contributed by atoms with E-state index in [2.05, 4.69) is 52.0 Å². The summed E-state index contributed by atoms with van der Waals surface area (Å²) in [4.78, 5) is 0. The second-order valence-electron chi connectivity index (χ2n) is 4.87. The molecule has 0 atom stereocenters. The summed E-state index contributed by atoms with van der Waals surface area (Å²) in [5, 5.41) is 2.84. The van der Waals surface area contributed by atoms with Gasteiger partial charge >= 0.3 is 0 Å². The first-order valence-corrected chi connectivity index (χ1v) is 6.80. The van der Waals surface area contributed by atoms with Gasteiger partial charge in [0.1, 0.15) is 0 Å². The van der Waals surface area contributed by atoms with Crippen LogP contribution in [0.3, 0.4) is 0 Å². The van der Waals surface area contributed by atoms with Gasteiger partial charge in [-0.25, -0.2) is 0 Å². The molecule has 0 fully saturated rings. The summed E-state index contributed by atoms with van der Waals surface area (Å²) in [5.41, 5.74) is 5.66. The van der Waals surface area contributed by atoms with E-state index in [9.17, 15) is 0 Å². The SMILES string of the molecule is Cc1cc2c(sc3c(C)cccc32)c(C)c1C. The minimum atomic E-state index is 1.39. The van der Waals surface area contributed by atoms with Crippen molar-refractivity contribution in [3.8, 4) is 0 Å². The highest BCUT2D eigenvalue weighted by molar-refractivity contribution is 7.26. The van der Waals surface area contributed by atoms with Crippen LogP contribution in [0.2, 0.25) is 0 Å². The van der Waals surface area contributed by atoms with Crippen molar-refractivity contribution in [1.82, 2.24) is 0 Å². The van der Waals surface area contributed by atoms with Crippen LogP contribution in [0.25, 0.3) is 20.2 Å². The van der Waals surface area contributed by atoms with E-state index in [1.807, 2.05) is 11.3 Å². The highest BCUT2D eigenvalue weighted by Gasteiger charge is 2.11. The summed E-state index contributed by atoms with van der Waals surface area (Å²) < 4.78 is 2.90. The number of rotatable bonds is 0. The van der Waals surface area contributed by atoms with Gasteiger partial charge in [-0.05, 0) is 56.0 Å². The van der Waals surface area contributed by atoms with Crippen molar-refractivity contribution in [2.24, 2.45) is 0 Å². The number of fused-ring (bicyclic) bond motifs is 3. The van der Waals surface area contributed by atoms with E-state index in [-0.39, 0.29) is 0 Å². The number of hydrogen-bond donors (Lipinski definition) is 0. The van der Waals surface area contributed by atoms with Crippen molar-refractivity contribution >= 4 is 31.5 Å². The predicted octanol–water partition coefficient (Wildman–Crippen LogP) is 5.29. The standard InChI is InChI=1S/C16H16S/c1-9-6-5-7-13-14-8-10(2)11(3)12(4)16(14)17-15(9)13/h5-8H,1-4H3. The van der Waals surface area contributed by atoms with E-state index in [1.165, 1.54) is 42.4 Å². The number of aryl methyl sites for hydroxylation is 3. The first kappa shape index (κ1) is 10.8. The molecule has 0 saturated heterocycles. The highest BCUT2D eigenvalue weighted by atomic mass is 32.1. The van der Waals surface area contributed by atoms with Crippen LogP contribution in [0, 0.1) is 27.7 Å². The predicted molar refractivity (Wildman–Crippen MR) is 78.3 cm³/mol. The molecule has 3 rings (SSSR count). The lowest BCUT2D eigenvalue weighted by molar-refractivity contribution is 1.31. The molecular formula is C16H16S. The molecule has 1 heterocycles. The van der Waals surface area contributed by atoms with Crippen molar-refractivity contribution in [3.63, 3.8) is 0 Å². The fraction of sp³-hybridized carbons (Fsp3) is 0.250. The molecule has 1 aromatic heterocycles. The maximum absolute atomic E-state index is 2.34. The van der Waals surface area contributed by atoms with Gasteiger partial charge in [-0.15, -0.1) is 11.3 Å². The van der Waals surface area contributed by atoms with Gasteiger partial charge < -0.3 is 0 Å². The van der Waals surface area contributed by atoms with E-state index in [4.69, 9.17) is 0 Å². The van der Waals surface area contributed by atoms with Gasteiger partial charge in [-0.2, -0.15) is 0 Å². The van der Waals surface area contributed by atoms with E-state index < -0.39 is 0 Å². The Kier molecular flexibility index (Phi) is 2.27. The van der Waals surface area contributed by atoms with Crippen molar-refractivity contribution in [1.29, 1.82) is 0 Å². The number of hydrogen-bond acceptors (Lipinski definition) is 1. The Morgan fingerprint density at radius 3 is 2.29 bits per heavy atom. The normalized spacial score (nSPS) is 11.5. The Hall–Kier alpha value is -1.34. The van der Waals surface area contributed by atoms with Crippen LogP contribution in [0.1, 0.15) is 22.3 Å². The van der Waals surface area contributed by atoms with Gasteiger partial charge in [-0.3, -0.25) is 0 Å². The lowest BCUT2D eigenvalue weighted by Gasteiger charge is -2.05. The largest absolute Gasteiger partial charge is 0.135 e. The molecule has 0 unspecified atom stereocenters. The fourth-order valence-corrected chi connectivity index (χ4v) is 3.80. The first-order valence-electron chi connectivity index (χ1n) is 5.98. The van der Waals surface area contributed by atoms with E-state index in [1.54, 1.807) is 0 Å². The molecule has 17 heavy (non-hydrogen) atoms. The van der Waals surface area contributed by atoms with E-state index >= 15 is 0 Å². The molecule has 0 aliphatic rings. The molecule has 0 bridgehead atoms. The van der Waals surface area contributed by atoms with Crippen LogP contribution in [-0.2, 0) is 0 Å². The zero-order chi connectivity index (χ0) is 12.2. The Morgan fingerprint density at radius 1 is 0.765 bits per heavy atom. The van der Waals surface area contributed by atoms with Crippen LogP contribution in [0.4, 0.5) is 0 Å². The first-order chi connectivity index (χ1) is 8.09. The average Bonchev–Trinajstić information content (AvgIpc) is 2.67. The van der Waals surface area contributed by atoms with Gasteiger partial charge in [0.15, 0.2) is 0 Å². The van der Waals surface area contributed by atoms with Crippen molar-refractivity contribution in [3.05, 3.63) is 46.5 Å². The Labute approximate surface area is 106 Å². The molecule has 0 aliphatic heterocycles. The summed E-state index contributed by atoms with van der Waals surface area (Å²) in [6.07, 6.45) is 0. The summed E-state index contributed by atoms with van der Waals surface area (Å²) in [7, 11) is 0. The minimum Gasteiger partial charge on any atom is -0.135 e. The van der Waals surface area contributed by atoms with Gasteiger partial charge in [-0.1, -0.05) is 18.2 Å². The minimum absolute atomic E-state index is 1.39. The Morgan fingerprint density at radius 2 is 1.53 bits per heavy atom. The lowest BCUT2D eigenvalue weighted by Crippen LogP contribution is -1.85. The quantitative estimate of drug-likeness (QED) is 0.501. The molecule has 86 valence electrons. The summed E-state index contributed by atoms with van der Waals surface area (Å²) in [6.45, 7) is 8.88. The van der Waals surface area contributed by atoms with E-state index in [0.29, 0.717) is 0 Å². The molecule has 0 spiro atoms. The molecule has 3 aromatic rings. The van der Waals surface area contributed by atoms with Gasteiger partial charge in [0.25, 0.3) is 0 Å². The lowest BCUT2D eigenvalue weighted by atomic mass is 10.00.